The third kappa shape index (κ3) is 6.15. The number of hydrogen-bond acceptors (Lipinski definition) is 4. The van der Waals surface area contributed by atoms with E-state index in [1.807, 2.05) is 24.3 Å². The van der Waals surface area contributed by atoms with Gasteiger partial charge in [0.1, 0.15) is 0 Å². The molecule has 1 heterocycles. The van der Waals surface area contributed by atoms with Crippen molar-refractivity contribution in [2.45, 2.75) is 72.6 Å². The second-order valence-corrected chi connectivity index (χ2v) is 22.0. The summed E-state index contributed by atoms with van der Waals surface area (Å²) >= 11 is -2.40. The van der Waals surface area contributed by atoms with E-state index in [0.717, 1.165) is 16.9 Å². The Labute approximate surface area is 197 Å². The average molecular weight is 541 g/mol. The Morgan fingerprint density at radius 3 is 1.53 bits per heavy atom. The number of unbranched alkanes of at least 4 members (excludes halogenated alkanes) is 3. The summed E-state index contributed by atoms with van der Waals surface area (Å²) in [7, 11) is 1.66. The molecule has 0 unspecified atom stereocenters. The molecular weight excluding hydrogens is 503 g/mol. The maximum atomic E-state index is 6.00. The Hall–Kier alpha value is -1.82. The summed E-state index contributed by atoms with van der Waals surface area (Å²) in [6.07, 6.45) is 8.02. The van der Waals surface area contributed by atoms with Crippen molar-refractivity contribution < 1.29 is 9.15 Å². The van der Waals surface area contributed by atoms with Crippen LogP contribution in [0.4, 0.5) is 0 Å². The Bertz CT molecular complexity index is 913. The van der Waals surface area contributed by atoms with E-state index in [1.54, 1.807) is 10.7 Å². The van der Waals surface area contributed by atoms with Gasteiger partial charge in [-0.3, -0.25) is 0 Å². The van der Waals surface area contributed by atoms with Crippen molar-refractivity contribution in [3.8, 4) is 28.7 Å². The summed E-state index contributed by atoms with van der Waals surface area (Å²) in [6, 6.07) is 16.9. The zero-order valence-electron chi connectivity index (χ0n) is 20.2. The Morgan fingerprint density at radius 1 is 0.688 bits per heavy atom. The molecule has 0 saturated heterocycles. The van der Waals surface area contributed by atoms with E-state index in [4.69, 9.17) is 9.15 Å². The summed E-state index contributed by atoms with van der Waals surface area (Å²) in [5.41, 5.74) is 1.90. The summed E-state index contributed by atoms with van der Waals surface area (Å²) in [5.74, 6) is 1.93. The molecule has 3 aromatic rings. The van der Waals surface area contributed by atoms with E-state index < -0.39 is 18.4 Å². The van der Waals surface area contributed by atoms with Gasteiger partial charge in [-0.25, -0.2) is 0 Å². The van der Waals surface area contributed by atoms with Crippen LogP contribution in [0, 0.1) is 0 Å². The quantitative estimate of drug-likeness (QED) is 0.211. The van der Waals surface area contributed by atoms with Crippen LogP contribution in [0.2, 0.25) is 13.3 Å². The van der Waals surface area contributed by atoms with Crippen LogP contribution < -0.4 is 8.32 Å². The molecule has 0 aliphatic carbocycles. The van der Waals surface area contributed by atoms with Crippen molar-refractivity contribution in [3.63, 3.8) is 0 Å². The minimum atomic E-state index is -2.40. The standard InChI is InChI=1S/C15H11N2O2.3C4H9.Sn/c1-18-13-9-7-12(8-10-13)15-17-16-14(19-15)11-5-3-2-4-6-11;3*1-3-4-2;/h3-10H,1H3;3*1,3-4H2,2H3;. The molecule has 3 rings (SSSR count). The molecule has 32 heavy (non-hydrogen) atoms. The topological polar surface area (TPSA) is 48.2 Å². The molecule has 0 amide bonds. The predicted molar refractivity (Wildman–Crippen MR) is 136 cm³/mol. The third-order valence-corrected chi connectivity index (χ3v) is 22.2. The first kappa shape index (κ1) is 24.8. The van der Waals surface area contributed by atoms with Crippen LogP contribution in [0.15, 0.2) is 52.9 Å². The van der Waals surface area contributed by atoms with Gasteiger partial charge in [-0.1, -0.05) is 0 Å². The van der Waals surface area contributed by atoms with E-state index >= 15 is 0 Å². The van der Waals surface area contributed by atoms with Crippen LogP contribution in [0.25, 0.3) is 22.9 Å². The molecule has 0 radical (unpaired) electrons. The molecule has 0 spiro atoms. The normalized spacial score (nSPS) is 11.6. The first-order valence-corrected chi connectivity index (χ1v) is 19.7. The fourth-order valence-electron chi connectivity index (χ4n) is 4.51. The molecule has 4 nitrogen and oxygen atoms in total. The fraction of sp³-hybridized carbons (Fsp3) is 0.481. The molecule has 0 atom stereocenters. The summed E-state index contributed by atoms with van der Waals surface area (Å²) < 4.78 is 17.3. The first-order valence-electron chi connectivity index (χ1n) is 12.2. The van der Waals surface area contributed by atoms with Crippen LogP contribution in [-0.4, -0.2) is 35.7 Å². The SMILES string of the molecule is CCC[CH2][Sn]([CH2]CCC)([CH2]CCC)[c]1ccc(-c2nnc(-c3ccc(OC)cc3)o2)cc1. The van der Waals surface area contributed by atoms with E-state index in [-0.39, 0.29) is 0 Å². The molecule has 2 aromatic carbocycles. The average Bonchev–Trinajstić information content (AvgIpc) is 3.34. The number of nitrogens with zero attached hydrogens (tertiary/aromatic N) is 2. The number of rotatable bonds is 13. The molecule has 5 heteroatoms. The van der Waals surface area contributed by atoms with Gasteiger partial charge in [-0.05, 0) is 0 Å². The summed E-state index contributed by atoms with van der Waals surface area (Å²) in [6.45, 7) is 6.99. The molecule has 1 aromatic heterocycles. The van der Waals surface area contributed by atoms with Crippen molar-refractivity contribution in [1.82, 2.24) is 10.2 Å². The summed E-state index contributed by atoms with van der Waals surface area (Å²) in [5, 5.41) is 8.58. The number of methoxy groups -OCH3 is 1. The van der Waals surface area contributed by atoms with Gasteiger partial charge < -0.3 is 0 Å². The Morgan fingerprint density at radius 2 is 1.12 bits per heavy atom. The zero-order chi connectivity index (χ0) is 22.8. The Balaban J connectivity index is 1.84. The van der Waals surface area contributed by atoms with Gasteiger partial charge >= 0.3 is 191 Å². The van der Waals surface area contributed by atoms with Crippen molar-refractivity contribution >= 4 is 22.0 Å². The predicted octanol–water partition coefficient (Wildman–Crippen LogP) is 7.47. The van der Waals surface area contributed by atoms with Gasteiger partial charge in [-0.15, -0.1) is 0 Å². The maximum absolute atomic E-state index is 6.00. The number of ether oxygens (including phenoxy) is 1. The molecule has 0 bridgehead atoms. The van der Waals surface area contributed by atoms with Gasteiger partial charge in [0.05, 0.1) is 7.11 Å². The first-order chi connectivity index (χ1) is 15.7. The number of aromatic nitrogens is 2. The third-order valence-electron chi connectivity index (χ3n) is 6.53. The number of hydrogen-bond donors (Lipinski definition) is 0. The van der Waals surface area contributed by atoms with Crippen LogP contribution in [0.1, 0.15) is 59.3 Å². The molecule has 0 N–H and O–H groups in total. The van der Waals surface area contributed by atoms with Crippen molar-refractivity contribution in [3.05, 3.63) is 48.5 Å². The van der Waals surface area contributed by atoms with Crippen LogP contribution >= 0.6 is 0 Å². The Kier molecular flexibility index (Phi) is 9.64. The van der Waals surface area contributed by atoms with E-state index in [9.17, 15) is 0 Å². The second kappa shape index (κ2) is 12.4. The van der Waals surface area contributed by atoms with E-state index in [1.165, 1.54) is 51.8 Å². The van der Waals surface area contributed by atoms with Gasteiger partial charge in [0.2, 0.25) is 0 Å². The molecule has 0 aliphatic heterocycles. The van der Waals surface area contributed by atoms with Crippen LogP contribution in [-0.2, 0) is 0 Å². The molecular formula is C27H38N2O2Sn. The molecule has 172 valence electrons. The van der Waals surface area contributed by atoms with Gasteiger partial charge in [0.25, 0.3) is 0 Å². The fourth-order valence-corrected chi connectivity index (χ4v) is 20.4. The molecule has 0 fully saturated rings. The van der Waals surface area contributed by atoms with Gasteiger partial charge in [0.15, 0.2) is 0 Å². The number of benzene rings is 2. The van der Waals surface area contributed by atoms with Gasteiger partial charge in [0, 0.05) is 0 Å². The summed E-state index contributed by atoms with van der Waals surface area (Å²) in [4.78, 5) is 0. The van der Waals surface area contributed by atoms with E-state index in [2.05, 4.69) is 55.2 Å². The van der Waals surface area contributed by atoms with Crippen molar-refractivity contribution in [2.24, 2.45) is 0 Å². The minimum absolute atomic E-state index is 0.536. The van der Waals surface area contributed by atoms with Crippen LogP contribution in [0.3, 0.4) is 0 Å². The second-order valence-electron chi connectivity index (χ2n) is 8.81. The van der Waals surface area contributed by atoms with Crippen molar-refractivity contribution in [1.29, 1.82) is 0 Å². The molecule has 0 saturated carbocycles. The van der Waals surface area contributed by atoms with E-state index in [0.29, 0.717) is 11.8 Å². The van der Waals surface area contributed by atoms with Crippen LogP contribution in [0.5, 0.6) is 5.75 Å². The zero-order valence-corrected chi connectivity index (χ0v) is 23.0. The monoisotopic (exact) mass is 542 g/mol. The molecule has 0 aliphatic rings. The van der Waals surface area contributed by atoms with Gasteiger partial charge in [-0.2, -0.15) is 0 Å². The van der Waals surface area contributed by atoms with Crippen molar-refractivity contribution in [2.75, 3.05) is 7.11 Å².